The molecule has 0 atom stereocenters. The van der Waals surface area contributed by atoms with Crippen LogP contribution in [-0.2, 0) is 9.59 Å². The van der Waals surface area contributed by atoms with Gasteiger partial charge in [-0.1, -0.05) is 0 Å². The van der Waals surface area contributed by atoms with E-state index in [1.54, 1.807) is 0 Å². The Morgan fingerprint density at radius 3 is 2.29 bits per heavy atom. The van der Waals surface area contributed by atoms with Crippen molar-refractivity contribution in [2.75, 3.05) is 38.6 Å². The molecule has 0 spiro atoms. The Morgan fingerprint density at radius 2 is 1.76 bits per heavy atom. The van der Waals surface area contributed by atoms with Crippen molar-refractivity contribution in [3.05, 3.63) is 30.1 Å². The number of hydrogen-bond acceptors (Lipinski definition) is 3. The molecule has 0 heterocycles. The number of nitrogens with one attached hydrogen (secondary N) is 1. The van der Waals surface area contributed by atoms with Crippen LogP contribution in [0.5, 0.6) is 0 Å². The average molecular weight is 295 g/mol. The second kappa shape index (κ2) is 8.36. The van der Waals surface area contributed by atoms with Gasteiger partial charge in [0, 0.05) is 38.7 Å². The van der Waals surface area contributed by atoms with E-state index in [4.69, 9.17) is 0 Å². The van der Waals surface area contributed by atoms with Gasteiger partial charge in [0.05, 0.1) is 0 Å². The molecule has 0 radical (unpaired) electrons. The van der Waals surface area contributed by atoms with Gasteiger partial charge in [-0.05, 0) is 38.4 Å². The number of amides is 2. The summed E-state index contributed by atoms with van der Waals surface area (Å²) in [6, 6.07) is 5.65. The van der Waals surface area contributed by atoms with E-state index in [0.29, 0.717) is 12.2 Å². The lowest BCUT2D eigenvalue weighted by Gasteiger charge is -2.21. The number of hydrogen-bond donors (Lipinski definition) is 1. The molecule has 6 heteroatoms. The van der Waals surface area contributed by atoms with Crippen molar-refractivity contribution in [2.45, 2.75) is 13.3 Å². The van der Waals surface area contributed by atoms with E-state index in [-0.39, 0.29) is 30.6 Å². The van der Waals surface area contributed by atoms with Crippen molar-refractivity contribution >= 4 is 17.5 Å². The van der Waals surface area contributed by atoms with Crippen molar-refractivity contribution in [3.63, 3.8) is 0 Å². The number of rotatable bonds is 7. The quantitative estimate of drug-likeness (QED) is 0.823. The molecule has 1 rings (SSSR count). The van der Waals surface area contributed by atoms with E-state index in [0.717, 1.165) is 6.54 Å². The monoisotopic (exact) mass is 295 g/mol. The van der Waals surface area contributed by atoms with Gasteiger partial charge in [-0.2, -0.15) is 0 Å². The highest BCUT2D eigenvalue weighted by atomic mass is 19.1. The molecule has 1 N–H and O–H groups in total. The molecule has 0 aliphatic rings. The third kappa shape index (κ3) is 6.35. The van der Waals surface area contributed by atoms with E-state index >= 15 is 0 Å². The molecule has 1 aromatic carbocycles. The van der Waals surface area contributed by atoms with Gasteiger partial charge in [0.25, 0.3) is 0 Å². The molecule has 5 nitrogen and oxygen atoms in total. The van der Waals surface area contributed by atoms with E-state index in [1.165, 1.54) is 36.1 Å². The van der Waals surface area contributed by atoms with Crippen molar-refractivity contribution in [2.24, 2.45) is 0 Å². The number of carbonyl (C=O) groups is 2. The number of anilines is 1. The topological polar surface area (TPSA) is 52.7 Å². The minimum Gasteiger partial charge on any atom is -0.355 e. The molecular formula is C15H22FN3O2. The Bertz CT molecular complexity index is 474. The molecule has 0 aliphatic carbocycles. The van der Waals surface area contributed by atoms with Gasteiger partial charge in [-0.15, -0.1) is 0 Å². The molecule has 2 amide bonds. The molecule has 0 aliphatic heterocycles. The molecule has 1 aromatic rings. The first-order valence-electron chi connectivity index (χ1n) is 6.85. The molecule has 0 unspecified atom stereocenters. The van der Waals surface area contributed by atoms with Crippen LogP contribution in [0.4, 0.5) is 10.1 Å². The Kier molecular flexibility index (Phi) is 6.81. The summed E-state index contributed by atoms with van der Waals surface area (Å²) in [5.41, 5.74) is 0.588. The zero-order chi connectivity index (χ0) is 15.8. The molecule has 0 fully saturated rings. The van der Waals surface area contributed by atoms with Crippen LogP contribution < -0.4 is 10.2 Å². The summed E-state index contributed by atoms with van der Waals surface area (Å²) >= 11 is 0. The van der Waals surface area contributed by atoms with Gasteiger partial charge >= 0.3 is 0 Å². The molecule has 0 aromatic heterocycles. The summed E-state index contributed by atoms with van der Waals surface area (Å²) in [5.74, 6) is -0.642. The summed E-state index contributed by atoms with van der Waals surface area (Å²) in [5, 5.41) is 2.79. The fraction of sp³-hybridized carbons (Fsp3) is 0.467. The maximum atomic E-state index is 12.9. The van der Waals surface area contributed by atoms with E-state index in [2.05, 4.69) is 5.32 Å². The van der Waals surface area contributed by atoms with Crippen LogP contribution in [0.15, 0.2) is 24.3 Å². The maximum Gasteiger partial charge on any atom is 0.223 e. The van der Waals surface area contributed by atoms with Crippen LogP contribution in [-0.4, -0.2) is 50.4 Å². The highest BCUT2D eigenvalue weighted by Gasteiger charge is 2.13. The fourth-order valence-electron chi connectivity index (χ4n) is 1.81. The molecule has 116 valence electrons. The van der Waals surface area contributed by atoms with Crippen LogP contribution in [0.2, 0.25) is 0 Å². The van der Waals surface area contributed by atoms with Crippen LogP contribution in [0.1, 0.15) is 13.3 Å². The Morgan fingerprint density at radius 1 is 1.14 bits per heavy atom. The first-order valence-corrected chi connectivity index (χ1v) is 6.85. The first kappa shape index (κ1) is 17.1. The molecular weight excluding hydrogens is 273 g/mol. The lowest BCUT2D eigenvalue weighted by atomic mass is 10.2. The lowest BCUT2D eigenvalue weighted by Crippen LogP contribution is -2.36. The predicted molar refractivity (Wildman–Crippen MR) is 80.6 cm³/mol. The standard InChI is InChI=1S/C15H22FN3O2/c1-12(20)19(14-6-4-13(16)5-7-14)10-8-15(21)17-9-11-18(2)3/h4-7H,8-11H2,1-3H3,(H,17,21). The minimum absolute atomic E-state index is 0.106. The number of benzene rings is 1. The van der Waals surface area contributed by atoms with Gasteiger partial charge in [0.1, 0.15) is 5.82 Å². The summed E-state index contributed by atoms with van der Waals surface area (Å²) in [7, 11) is 3.86. The van der Waals surface area contributed by atoms with Gasteiger partial charge in [-0.3, -0.25) is 9.59 Å². The van der Waals surface area contributed by atoms with E-state index in [9.17, 15) is 14.0 Å². The Labute approximate surface area is 124 Å². The summed E-state index contributed by atoms with van der Waals surface area (Å²) in [4.78, 5) is 26.8. The summed E-state index contributed by atoms with van der Waals surface area (Å²) < 4.78 is 12.9. The van der Waals surface area contributed by atoms with Crippen LogP contribution >= 0.6 is 0 Å². The predicted octanol–water partition coefficient (Wildman–Crippen LogP) is 1.25. The smallest absolute Gasteiger partial charge is 0.223 e. The van der Waals surface area contributed by atoms with Crippen molar-refractivity contribution in [3.8, 4) is 0 Å². The number of carbonyl (C=O) groups excluding carboxylic acids is 2. The van der Waals surface area contributed by atoms with Crippen LogP contribution in [0.3, 0.4) is 0 Å². The second-order valence-corrected chi connectivity index (χ2v) is 5.05. The van der Waals surface area contributed by atoms with Gasteiger partial charge < -0.3 is 15.1 Å². The van der Waals surface area contributed by atoms with Gasteiger partial charge in [0.2, 0.25) is 11.8 Å². The van der Waals surface area contributed by atoms with Gasteiger partial charge in [-0.25, -0.2) is 4.39 Å². The highest BCUT2D eigenvalue weighted by molar-refractivity contribution is 5.92. The number of halogens is 1. The SMILES string of the molecule is CC(=O)N(CCC(=O)NCCN(C)C)c1ccc(F)cc1. The number of nitrogens with zero attached hydrogens (tertiary/aromatic N) is 2. The van der Waals surface area contributed by atoms with Crippen molar-refractivity contribution < 1.29 is 14.0 Å². The Balaban J connectivity index is 2.50. The average Bonchev–Trinajstić information content (AvgIpc) is 2.40. The van der Waals surface area contributed by atoms with Crippen molar-refractivity contribution in [1.29, 1.82) is 0 Å². The van der Waals surface area contributed by atoms with E-state index in [1.807, 2.05) is 19.0 Å². The molecule has 0 bridgehead atoms. The number of likely N-dealkylation sites (N-methyl/N-ethyl adjacent to an activating group) is 1. The second-order valence-electron chi connectivity index (χ2n) is 5.05. The van der Waals surface area contributed by atoms with Crippen LogP contribution in [0, 0.1) is 5.82 Å². The third-order valence-corrected chi connectivity index (χ3v) is 2.96. The first-order chi connectivity index (χ1) is 9.90. The largest absolute Gasteiger partial charge is 0.355 e. The molecule has 0 saturated heterocycles. The zero-order valence-electron chi connectivity index (χ0n) is 12.7. The molecule has 21 heavy (non-hydrogen) atoms. The summed E-state index contributed by atoms with van der Waals surface area (Å²) in [6.07, 6.45) is 0.213. The highest BCUT2D eigenvalue weighted by Crippen LogP contribution is 2.15. The Hall–Kier alpha value is -1.95. The fourth-order valence-corrected chi connectivity index (χ4v) is 1.81. The minimum atomic E-state index is -0.358. The maximum absolute atomic E-state index is 12.9. The summed E-state index contributed by atoms with van der Waals surface area (Å²) in [6.45, 7) is 3.03. The third-order valence-electron chi connectivity index (χ3n) is 2.96. The lowest BCUT2D eigenvalue weighted by molar-refractivity contribution is -0.121. The molecule has 0 saturated carbocycles. The van der Waals surface area contributed by atoms with E-state index < -0.39 is 0 Å². The zero-order valence-corrected chi connectivity index (χ0v) is 12.7. The van der Waals surface area contributed by atoms with Crippen molar-refractivity contribution in [1.82, 2.24) is 10.2 Å². The van der Waals surface area contributed by atoms with Crippen LogP contribution in [0.25, 0.3) is 0 Å². The normalized spacial score (nSPS) is 10.5. The van der Waals surface area contributed by atoms with Gasteiger partial charge in [0.15, 0.2) is 0 Å².